The fourth-order valence-electron chi connectivity index (χ4n) is 8.68. The highest BCUT2D eigenvalue weighted by atomic mass is 31.2. The van der Waals surface area contributed by atoms with E-state index in [9.17, 15) is 19.0 Å². The van der Waals surface area contributed by atoms with Gasteiger partial charge in [0.15, 0.2) is 0 Å². The van der Waals surface area contributed by atoms with Gasteiger partial charge in [0.05, 0.1) is 33.8 Å². The van der Waals surface area contributed by atoms with Crippen LogP contribution in [0, 0.1) is 0 Å². The molecule has 77 heavy (non-hydrogen) atoms. The van der Waals surface area contributed by atoms with Crippen molar-refractivity contribution in [1.29, 1.82) is 0 Å². The van der Waals surface area contributed by atoms with Crippen LogP contribution >= 0.6 is 7.82 Å². The Morgan fingerprint density at radius 1 is 0.481 bits per heavy atom. The van der Waals surface area contributed by atoms with Crippen molar-refractivity contribution in [3.63, 3.8) is 0 Å². The number of hydrogen-bond acceptors (Lipinski definition) is 7. The molecule has 9 nitrogen and oxygen atoms in total. The molecule has 0 aromatic heterocycles. The minimum atomic E-state index is -4.71. The number of ether oxygens (including phenoxy) is 1. The van der Waals surface area contributed by atoms with E-state index in [4.69, 9.17) is 13.8 Å². The molecule has 0 aliphatic rings. The van der Waals surface area contributed by atoms with E-state index in [-0.39, 0.29) is 31.3 Å². The standard InChI is InChI=1S/C67H119N2O7P/c1-7-10-13-16-19-22-25-27-28-29-30-31-32-33-34-35-36-37-38-39-40-42-45-48-51-54-57-60-67(71)76-65(58-55-52-49-46-43-24-21-18-15-12-9-3)64(63-75-77(72,73)74-62-61-69(4,5)6)68-66(70)59-56-53-50-47-44-41-26-23-20-17-14-11-8-2/h11,14,17,19-20,22-23,26-28,30-31,33-34,55,58,64-65H,7-10,12-13,15-16,18,21,24-25,29,32,35-54,56-57,59-63H2,1-6H3,(H-,68,70,72,73)/b14-11+,20-17+,22-19-,26-23-,28-27-,31-30-,34-33-,58-55-. The predicted octanol–water partition coefficient (Wildman–Crippen LogP) is 18.9. The molecule has 444 valence electrons. The number of likely N-dealkylation sites (N-methyl/N-ethyl adjacent to an activating group) is 1. The number of carbonyl (C=O) groups excluding carboxylic acids is 2. The fraction of sp³-hybridized carbons (Fsp3) is 0.731. The molecule has 1 N–H and O–H groups in total. The second kappa shape index (κ2) is 56.2. The van der Waals surface area contributed by atoms with Crippen LogP contribution in [0.25, 0.3) is 0 Å². The van der Waals surface area contributed by atoms with Gasteiger partial charge in [-0.1, -0.05) is 253 Å². The molecule has 3 unspecified atom stereocenters. The van der Waals surface area contributed by atoms with Crippen LogP contribution in [0.3, 0.4) is 0 Å². The quantitative estimate of drug-likeness (QED) is 0.0161. The van der Waals surface area contributed by atoms with Crippen molar-refractivity contribution in [3.8, 4) is 0 Å². The average Bonchev–Trinajstić information content (AvgIpc) is 3.39. The van der Waals surface area contributed by atoms with Gasteiger partial charge in [0.1, 0.15) is 19.3 Å². The number of rotatable bonds is 56. The van der Waals surface area contributed by atoms with Gasteiger partial charge in [-0.3, -0.25) is 14.2 Å². The van der Waals surface area contributed by atoms with E-state index in [0.29, 0.717) is 17.4 Å². The van der Waals surface area contributed by atoms with E-state index in [1.165, 1.54) is 122 Å². The second-order valence-electron chi connectivity index (χ2n) is 22.2. The molecule has 0 rings (SSSR count). The summed E-state index contributed by atoms with van der Waals surface area (Å²) >= 11 is 0. The highest BCUT2D eigenvalue weighted by Crippen LogP contribution is 2.38. The number of esters is 1. The number of hydrogen-bond donors (Lipinski definition) is 1. The number of phosphoric acid groups is 1. The van der Waals surface area contributed by atoms with Gasteiger partial charge in [0.25, 0.3) is 7.82 Å². The Balaban J connectivity index is 5.07. The summed E-state index contributed by atoms with van der Waals surface area (Å²) in [6, 6.07) is -0.904. The third-order valence-electron chi connectivity index (χ3n) is 13.6. The molecule has 0 aromatic carbocycles. The van der Waals surface area contributed by atoms with E-state index in [1.54, 1.807) is 0 Å². The number of quaternary nitrogens is 1. The molecular weight excluding hydrogens is 976 g/mol. The van der Waals surface area contributed by atoms with Crippen molar-refractivity contribution in [2.24, 2.45) is 0 Å². The number of amides is 1. The monoisotopic (exact) mass is 1090 g/mol. The maximum absolute atomic E-state index is 13.5. The first-order chi connectivity index (χ1) is 37.4. The minimum absolute atomic E-state index is 0.0311. The smallest absolute Gasteiger partial charge is 0.306 e. The summed E-state index contributed by atoms with van der Waals surface area (Å²) < 4.78 is 30.3. The fourth-order valence-corrected chi connectivity index (χ4v) is 9.40. The maximum atomic E-state index is 13.5. The van der Waals surface area contributed by atoms with Crippen LogP contribution in [0.15, 0.2) is 97.2 Å². The zero-order valence-corrected chi connectivity index (χ0v) is 51.5. The molecule has 0 heterocycles. The van der Waals surface area contributed by atoms with Crippen LogP contribution in [0.1, 0.15) is 265 Å². The van der Waals surface area contributed by atoms with Gasteiger partial charge in [-0.25, -0.2) is 0 Å². The average molecular weight is 1100 g/mol. The summed E-state index contributed by atoms with van der Waals surface area (Å²) in [4.78, 5) is 39.9. The van der Waals surface area contributed by atoms with Crippen LogP contribution in [-0.2, 0) is 27.9 Å². The van der Waals surface area contributed by atoms with Gasteiger partial charge in [-0.2, -0.15) is 0 Å². The van der Waals surface area contributed by atoms with Gasteiger partial charge < -0.3 is 28.5 Å². The third kappa shape index (κ3) is 57.4. The van der Waals surface area contributed by atoms with Gasteiger partial charge in [-0.05, 0) is 96.0 Å². The van der Waals surface area contributed by atoms with Crippen LogP contribution < -0.4 is 10.2 Å². The van der Waals surface area contributed by atoms with Crippen molar-refractivity contribution in [1.82, 2.24) is 5.32 Å². The lowest BCUT2D eigenvalue weighted by Crippen LogP contribution is -2.47. The molecule has 1 amide bonds. The summed E-state index contributed by atoms with van der Waals surface area (Å²) in [6.45, 7) is 6.65. The van der Waals surface area contributed by atoms with E-state index in [0.717, 1.165) is 103 Å². The number of nitrogens with zero attached hydrogens (tertiary/aromatic N) is 1. The Hall–Kier alpha value is -3.07. The Bertz CT molecular complexity index is 1640. The molecule has 0 aliphatic heterocycles. The van der Waals surface area contributed by atoms with Crippen molar-refractivity contribution < 1.29 is 37.3 Å². The van der Waals surface area contributed by atoms with Gasteiger partial charge in [0.2, 0.25) is 5.91 Å². The minimum Gasteiger partial charge on any atom is -0.756 e. The Labute approximate surface area is 475 Å². The van der Waals surface area contributed by atoms with Crippen molar-refractivity contribution in [2.75, 3.05) is 40.9 Å². The van der Waals surface area contributed by atoms with E-state index in [1.807, 2.05) is 39.4 Å². The summed E-state index contributed by atoms with van der Waals surface area (Å²) in [5, 5.41) is 3.01. The van der Waals surface area contributed by atoms with Crippen LogP contribution in [-0.4, -0.2) is 69.4 Å². The van der Waals surface area contributed by atoms with E-state index < -0.39 is 26.6 Å². The first kappa shape index (κ1) is 73.9. The lowest BCUT2D eigenvalue weighted by Gasteiger charge is -2.30. The largest absolute Gasteiger partial charge is 0.756 e. The maximum Gasteiger partial charge on any atom is 0.306 e. The van der Waals surface area contributed by atoms with Crippen LogP contribution in [0.5, 0.6) is 0 Å². The molecule has 0 aliphatic carbocycles. The van der Waals surface area contributed by atoms with Crippen LogP contribution in [0.4, 0.5) is 0 Å². The summed E-state index contributed by atoms with van der Waals surface area (Å²) in [6.07, 6.45) is 75.3. The number of allylic oxidation sites excluding steroid dienone is 15. The molecule has 0 bridgehead atoms. The van der Waals surface area contributed by atoms with E-state index in [2.05, 4.69) is 105 Å². The molecule has 0 fully saturated rings. The Morgan fingerprint density at radius 3 is 1.38 bits per heavy atom. The molecule has 0 saturated carbocycles. The normalized spacial score (nSPS) is 14.3. The molecular formula is C67H119N2O7P. The summed E-state index contributed by atoms with van der Waals surface area (Å²) in [5.74, 6) is -0.572. The zero-order chi connectivity index (χ0) is 56.4. The number of unbranched alkanes of at least 4 members (excludes halogenated alkanes) is 28. The predicted molar refractivity (Wildman–Crippen MR) is 330 cm³/mol. The zero-order valence-electron chi connectivity index (χ0n) is 50.6. The van der Waals surface area contributed by atoms with E-state index >= 15 is 0 Å². The molecule has 3 atom stereocenters. The first-order valence-electron chi connectivity index (χ1n) is 31.6. The highest BCUT2D eigenvalue weighted by molar-refractivity contribution is 7.45. The van der Waals surface area contributed by atoms with Gasteiger partial charge in [-0.15, -0.1) is 0 Å². The molecule has 0 saturated heterocycles. The number of phosphoric ester groups is 1. The second-order valence-corrected chi connectivity index (χ2v) is 23.6. The van der Waals surface area contributed by atoms with Crippen molar-refractivity contribution >= 4 is 19.7 Å². The lowest BCUT2D eigenvalue weighted by atomic mass is 10.0. The topological polar surface area (TPSA) is 114 Å². The first-order valence-corrected chi connectivity index (χ1v) is 33.0. The van der Waals surface area contributed by atoms with Gasteiger partial charge >= 0.3 is 5.97 Å². The molecule has 0 spiro atoms. The number of carbonyl (C=O) groups is 2. The molecule has 0 radical (unpaired) electrons. The Kier molecular flexibility index (Phi) is 54.0. The summed E-state index contributed by atoms with van der Waals surface area (Å²) in [5.41, 5.74) is 0. The van der Waals surface area contributed by atoms with Gasteiger partial charge in [0, 0.05) is 12.8 Å². The molecule has 10 heteroatoms. The van der Waals surface area contributed by atoms with Crippen molar-refractivity contribution in [3.05, 3.63) is 97.2 Å². The SMILES string of the molecule is CC/C=C/C=C/C=C\CCCCCCCC(=O)NC(COP(=O)([O-])OCC[N+](C)(C)C)C(/C=C\CCCCCCCCCCC)OC(=O)CCCCCCCCCCCCC/C=C\C/C=C\C/C=C\C/C=C\CCCCC. The lowest BCUT2D eigenvalue weighted by molar-refractivity contribution is -0.870. The Morgan fingerprint density at radius 2 is 0.883 bits per heavy atom. The molecule has 0 aromatic rings. The highest BCUT2D eigenvalue weighted by Gasteiger charge is 2.27. The van der Waals surface area contributed by atoms with Crippen LogP contribution in [0.2, 0.25) is 0 Å². The third-order valence-corrected chi connectivity index (χ3v) is 14.5. The summed E-state index contributed by atoms with van der Waals surface area (Å²) in [7, 11) is 1.16. The van der Waals surface area contributed by atoms with Crippen molar-refractivity contribution in [2.45, 2.75) is 277 Å². The number of nitrogens with one attached hydrogen (secondary N) is 1.